The zero-order valence-corrected chi connectivity index (χ0v) is 10.7. The van der Waals surface area contributed by atoms with Crippen LogP contribution in [0, 0.1) is 5.92 Å². The lowest BCUT2D eigenvalue weighted by Gasteiger charge is -2.22. The smallest absolute Gasteiger partial charge is 0.150 e. The summed E-state index contributed by atoms with van der Waals surface area (Å²) >= 11 is 0. The Morgan fingerprint density at radius 3 is 3.12 bits per heavy atom. The normalized spacial score (nSPS) is 21.0. The van der Waals surface area contributed by atoms with Gasteiger partial charge in [-0.2, -0.15) is 0 Å². The van der Waals surface area contributed by atoms with Crippen LogP contribution in [-0.2, 0) is 17.7 Å². The maximum Gasteiger partial charge on any atom is 0.150 e. The first-order valence-corrected chi connectivity index (χ1v) is 6.49. The van der Waals surface area contributed by atoms with Crippen LogP contribution in [0.15, 0.2) is 10.6 Å². The molecule has 0 bridgehead atoms. The maximum atomic E-state index is 5.42. The molecule has 1 aliphatic rings. The van der Waals surface area contributed by atoms with Gasteiger partial charge in [-0.3, -0.25) is 0 Å². The van der Waals surface area contributed by atoms with Crippen molar-refractivity contribution in [1.82, 2.24) is 10.5 Å². The number of nitrogens with zero attached hydrogens (tertiary/aromatic N) is 1. The molecule has 17 heavy (non-hydrogen) atoms. The van der Waals surface area contributed by atoms with Crippen LogP contribution in [0.4, 0.5) is 0 Å². The minimum absolute atomic E-state index is 0.461. The van der Waals surface area contributed by atoms with E-state index in [1.54, 1.807) is 0 Å². The third-order valence-corrected chi connectivity index (χ3v) is 2.95. The molecular weight excluding hydrogens is 216 g/mol. The molecule has 0 aromatic carbocycles. The predicted octanol–water partition coefficient (Wildman–Crippen LogP) is 2.14. The van der Waals surface area contributed by atoms with E-state index in [0.29, 0.717) is 12.0 Å². The average molecular weight is 238 g/mol. The van der Waals surface area contributed by atoms with Crippen LogP contribution in [0.2, 0.25) is 0 Å². The highest BCUT2D eigenvalue weighted by Gasteiger charge is 2.14. The predicted molar refractivity (Wildman–Crippen MR) is 65.7 cm³/mol. The molecule has 4 heteroatoms. The number of hydrogen-bond acceptors (Lipinski definition) is 4. The zero-order chi connectivity index (χ0) is 12.1. The first-order valence-electron chi connectivity index (χ1n) is 6.49. The van der Waals surface area contributed by atoms with Gasteiger partial charge in [-0.05, 0) is 25.2 Å². The lowest BCUT2D eigenvalue weighted by molar-refractivity contribution is 0.0691. The Hall–Kier alpha value is -0.870. The monoisotopic (exact) mass is 238 g/mol. The van der Waals surface area contributed by atoms with Crippen molar-refractivity contribution in [3.05, 3.63) is 17.5 Å². The molecule has 0 aliphatic carbocycles. The molecule has 2 heterocycles. The Kier molecular flexibility index (Phi) is 4.57. The van der Waals surface area contributed by atoms with Crippen molar-refractivity contribution in [2.75, 3.05) is 13.2 Å². The van der Waals surface area contributed by atoms with Crippen LogP contribution < -0.4 is 5.32 Å². The molecule has 1 fully saturated rings. The Morgan fingerprint density at radius 1 is 1.53 bits per heavy atom. The number of ether oxygens (including phenoxy) is 1. The van der Waals surface area contributed by atoms with Gasteiger partial charge in [-0.1, -0.05) is 19.0 Å². The van der Waals surface area contributed by atoms with Gasteiger partial charge in [-0.25, -0.2) is 0 Å². The number of aromatic nitrogens is 1. The van der Waals surface area contributed by atoms with Crippen LogP contribution in [0.1, 0.15) is 38.1 Å². The third kappa shape index (κ3) is 4.13. The Bertz CT molecular complexity index is 330. The van der Waals surface area contributed by atoms with Crippen LogP contribution in [0.25, 0.3) is 0 Å². The molecule has 4 nitrogen and oxygen atoms in total. The van der Waals surface area contributed by atoms with E-state index in [4.69, 9.17) is 9.26 Å². The third-order valence-electron chi connectivity index (χ3n) is 2.95. The van der Waals surface area contributed by atoms with Crippen molar-refractivity contribution < 1.29 is 9.26 Å². The van der Waals surface area contributed by atoms with Crippen molar-refractivity contribution in [1.29, 1.82) is 0 Å². The van der Waals surface area contributed by atoms with Gasteiger partial charge in [-0.15, -0.1) is 0 Å². The summed E-state index contributed by atoms with van der Waals surface area (Å²) in [6, 6.07) is 2.51. The summed E-state index contributed by atoms with van der Waals surface area (Å²) in [7, 11) is 0. The molecule has 0 unspecified atom stereocenters. The van der Waals surface area contributed by atoms with E-state index < -0.39 is 0 Å². The lowest BCUT2D eigenvalue weighted by Crippen LogP contribution is -2.36. The highest BCUT2D eigenvalue weighted by molar-refractivity contribution is 5.05. The van der Waals surface area contributed by atoms with Crippen molar-refractivity contribution in [2.45, 2.75) is 45.7 Å². The second-order valence-corrected chi connectivity index (χ2v) is 5.18. The fraction of sp³-hybridized carbons (Fsp3) is 0.769. The van der Waals surface area contributed by atoms with Gasteiger partial charge in [0.25, 0.3) is 0 Å². The first-order chi connectivity index (χ1) is 8.24. The summed E-state index contributed by atoms with van der Waals surface area (Å²) in [5.41, 5.74) is 1.05. The SMILES string of the molecule is CC(C)Cc1cc(CN[C@H]2CCCOC2)on1. The summed E-state index contributed by atoms with van der Waals surface area (Å²) in [5.74, 6) is 1.54. The molecule has 1 aliphatic heterocycles. The number of nitrogens with one attached hydrogen (secondary N) is 1. The Labute approximate surface area is 103 Å². The van der Waals surface area contributed by atoms with Crippen LogP contribution >= 0.6 is 0 Å². The molecule has 2 rings (SSSR count). The molecule has 1 aromatic heterocycles. The van der Waals surface area contributed by atoms with E-state index in [-0.39, 0.29) is 0 Å². The van der Waals surface area contributed by atoms with Crippen LogP contribution in [0.5, 0.6) is 0 Å². The fourth-order valence-electron chi connectivity index (χ4n) is 2.10. The van der Waals surface area contributed by atoms with E-state index in [1.165, 1.54) is 6.42 Å². The minimum atomic E-state index is 0.461. The second kappa shape index (κ2) is 6.17. The summed E-state index contributed by atoms with van der Waals surface area (Å²) in [4.78, 5) is 0. The molecule has 1 saturated heterocycles. The van der Waals surface area contributed by atoms with Crippen molar-refractivity contribution in [3.8, 4) is 0 Å². The van der Waals surface area contributed by atoms with Gasteiger partial charge >= 0.3 is 0 Å². The Morgan fingerprint density at radius 2 is 2.41 bits per heavy atom. The largest absolute Gasteiger partial charge is 0.380 e. The van der Waals surface area contributed by atoms with E-state index >= 15 is 0 Å². The molecule has 96 valence electrons. The molecule has 0 saturated carbocycles. The van der Waals surface area contributed by atoms with E-state index in [2.05, 4.69) is 30.4 Å². The van der Waals surface area contributed by atoms with Crippen molar-refractivity contribution >= 4 is 0 Å². The van der Waals surface area contributed by atoms with Crippen LogP contribution in [-0.4, -0.2) is 24.4 Å². The number of rotatable bonds is 5. The average Bonchev–Trinajstić information content (AvgIpc) is 2.75. The second-order valence-electron chi connectivity index (χ2n) is 5.18. The van der Waals surface area contributed by atoms with Crippen LogP contribution in [0.3, 0.4) is 0 Å². The summed E-state index contributed by atoms with van der Waals surface area (Å²) in [5, 5.41) is 7.52. The molecule has 1 atom stereocenters. The molecule has 1 aromatic rings. The quantitative estimate of drug-likeness (QED) is 0.853. The standard InChI is InChI=1S/C13H22N2O2/c1-10(2)6-12-7-13(17-15-12)8-14-11-4-3-5-16-9-11/h7,10-11,14H,3-6,8-9H2,1-2H3/t11-/m0/s1. The molecule has 0 radical (unpaired) electrons. The highest BCUT2D eigenvalue weighted by atomic mass is 16.5. The van der Waals surface area contributed by atoms with E-state index in [0.717, 1.165) is 44.1 Å². The topological polar surface area (TPSA) is 47.3 Å². The van der Waals surface area contributed by atoms with Gasteiger partial charge in [0.15, 0.2) is 5.76 Å². The molecule has 1 N–H and O–H groups in total. The van der Waals surface area contributed by atoms with Gasteiger partial charge in [0, 0.05) is 18.7 Å². The Balaban J connectivity index is 1.76. The number of hydrogen-bond donors (Lipinski definition) is 1. The van der Waals surface area contributed by atoms with Gasteiger partial charge < -0.3 is 14.6 Å². The van der Waals surface area contributed by atoms with Gasteiger partial charge in [0.2, 0.25) is 0 Å². The van der Waals surface area contributed by atoms with Crippen molar-refractivity contribution in [2.24, 2.45) is 5.92 Å². The molecule has 0 spiro atoms. The summed E-state index contributed by atoms with van der Waals surface area (Å²) in [6.45, 7) is 6.84. The van der Waals surface area contributed by atoms with Gasteiger partial charge in [0.1, 0.15) is 0 Å². The maximum absolute atomic E-state index is 5.42. The minimum Gasteiger partial charge on any atom is -0.380 e. The molecule has 0 amide bonds. The fourth-order valence-corrected chi connectivity index (χ4v) is 2.10. The molecular formula is C13H22N2O2. The summed E-state index contributed by atoms with van der Waals surface area (Å²) in [6.07, 6.45) is 3.32. The van der Waals surface area contributed by atoms with Crippen molar-refractivity contribution in [3.63, 3.8) is 0 Å². The van der Waals surface area contributed by atoms with Gasteiger partial charge in [0.05, 0.1) is 18.8 Å². The van der Waals surface area contributed by atoms with E-state index in [1.807, 2.05) is 0 Å². The lowest BCUT2D eigenvalue weighted by atomic mass is 10.1. The zero-order valence-electron chi connectivity index (χ0n) is 10.7. The highest BCUT2D eigenvalue weighted by Crippen LogP contribution is 2.11. The first kappa shape index (κ1) is 12.6. The van der Waals surface area contributed by atoms with E-state index in [9.17, 15) is 0 Å². The summed E-state index contributed by atoms with van der Waals surface area (Å²) < 4.78 is 10.7.